The lowest BCUT2D eigenvalue weighted by Gasteiger charge is -2.33. The molecular formula is C30H35ClF2N4O3Si. The second-order valence-corrected chi connectivity index (χ2v) is 17.7. The van der Waals surface area contributed by atoms with Crippen LogP contribution in [0.2, 0.25) is 30.7 Å². The minimum absolute atomic E-state index is 0.0484. The van der Waals surface area contributed by atoms with Gasteiger partial charge in [0.25, 0.3) is 6.43 Å². The normalized spacial score (nSPS) is 13.7. The highest BCUT2D eigenvalue weighted by molar-refractivity contribution is 6.76. The summed E-state index contributed by atoms with van der Waals surface area (Å²) in [6, 6.07) is 8.17. The molecule has 0 bridgehead atoms. The molecule has 7 nitrogen and oxygen atoms in total. The quantitative estimate of drug-likeness (QED) is 0.111. The summed E-state index contributed by atoms with van der Waals surface area (Å²) in [5.74, 6) is -0.482. The van der Waals surface area contributed by atoms with Crippen molar-refractivity contribution in [1.29, 1.82) is 0 Å². The summed E-state index contributed by atoms with van der Waals surface area (Å²) in [4.78, 5) is 14.8. The topological polar surface area (TPSA) is 61.5 Å². The van der Waals surface area contributed by atoms with Crippen LogP contribution in [0.1, 0.15) is 34.3 Å². The van der Waals surface area contributed by atoms with Gasteiger partial charge >= 0.3 is 5.97 Å². The van der Waals surface area contributed by atoms with E-state index in [-0.39, 0.29) is 12.3 Å². The molecule has 2 aromatic carbocycles. The zero-order valence-corrected chi connectivity index (χ0v) is 25.8. The van der Waals surface area contributed by atoms with Gasteiger partial charge < -0.3 is 18.9 Å². The van der Waals surface area contributed by atoms with Crippen LogP contribution in [0.15, 0.2) is 42.9 Å². The minimum atomic E-state index is -2.66. The maximum absolute atomic E-state index is 14.3. The second kappa shape index (κ2) is 11.6. The summed E-state index contributed by atoms with van der Waals surface area (Å²) in [6.07, 6.45) is 3.99. The number of carbonyl (C=O) groups excluding carboxylic acids is 1. The molecule has 11 heteroatoms. The number of hydrogen-bond acceptors (Lipinski definition) is 5. The SMILES string of the molecule is COC(=O)c1cn(COCC[Si](C)(C)C)c2c(Cl)cc(N3CCCc4cc(-c5cnn(C)c5)c(C(F)F)cc43)cc12. The van der Waals surface area contributed by atoms with E-state index < -0.39 is 20.5 Å². The van der Waals surface area contributed by atoms with Gasteiger partial charge in [0.1, 0.15) is 6.73 Å². The van der Waals surface area contributed by atoms with E-state index in [2.05, 4.69) is 24.7 Å². The Bertz CT molecular complexity index is 1590. The zero-order valence-electron chi connectivity index (χ0n) is 24.0. The van der Waals surface area contributed by atoms with Crippen molar-refractivity contribution in [2.24, 2.45) is 7.05 Å². The van der Waals surface area contributed by atoms with Crippen molar-refractivity contribution < 1.29 is 23.0 Å². The number of nitrogens with zero attached hydrogens (tertiary/aromatic N) is 4. The standard InChI is InChI=1S/C30H35ClF2N4O3Si/c1-35-16-20(15-34-35)22-11-19-7-6-8-37(27(19)14-24(22)29(32)33)21-12-23-25(30(38)39-2)17-36(28(23)26(31)13-21)18-40-9-10-41(3,4)5/h11-17,29H,6-10,18H2,1-5H3. The molecular weight excluding hydrogens is 566 g/mol. The van der Waals surface area contributed by atoms with Crippen molar-refractivity contribution in [3.63, 3.8) is 0 Å². The fourth-order valence-electron chi connectivity index (χ4n) is 5.35. The number of carbonyl (C=O) groups is 1. The highest BCUT2D eigenvalue weighted by Gasteiger charge is 2.27. The van der Waals surface area contributed by atoms with Crippen LogP contribution >= 0.6 is 11.6 Å². The first-order valence-electron chi connectivity index (χ1n) is 13.7. The second-order valence-electron chi connectivity index (χ2n) is 11.7. The fourth-order valence-corrected chi connectivity index (χ4v) is 6.43. The van der Waals surface area contributed by atoms with Gasteiger partial charge in [-0.1, -0.05) is 31.2 Å². The lowest BCUT2D eigenvalue weighted by Crippen LogP contribution is -2.25. The molecule has 0 spiro atoms. The maximum Gasteiger partial charge on any atom is 0.340 e. The molecule has 2 aromatic heterocycles. The highest BCUT2D eigenvalue weighted by atomic mass is 35.5. The van der Waals surface area contributed by atoms with E-state index in [4.69, 9.17) is 21.1 Å². The molecule has 0 fully saturated rings. The van der Waals surface area contributed by atoms with E-state index in [1.54, 1.807) is 36.4 Å². The van der Waals surface area contributed by atoms with E-state index >= 15 is 0 Å². The molecule has 0 radical (unpaired) electrons. The summed E-state index contributed by atoms with van der Waals surface area (Å²) in [7, 11) is 1.85. The van der Waals surface area contributed by atoms with Gasteiger partial charge in [0.05, 0.1) is 29.4 Å². The number of esters is 1. The molecule has 0 saturated carbocycles. The third-order valence-corrected chi connectivity index (χ3v) is 9.47. The first-order valence-corrected chi connectivity index (χ1v) is 17.8. The fraction of sp³-hybridized carbons (Fsp3) is 0.400. The van der Waals surface area contributed by atoms with Gasteiger partial charge in [0.15, 0.2) is 0 Å². The largest absolute Gasteiger partial charge is 0.465 e. The number of rotatable bonds is 9. The molecule has 4 aromatic rings. The molecule has 218 valence electrons. The predicted molar refractivity (Wildman–Crippen MR) is 161 cm³/mol. The Balaban J connectivity index is 1.57. The summed E-state index contributed by atoms with van der Waals surface area (Å²) in [6.45, 7) is 8.36. The van der Waals surface area contributed by atoms with Gasteiger partial charge in [-0.2, -0.15) is 5.10 Å². The highest BCUT2D eigenvalue weighted by Crippen LogP contribution is 2.43. The van der Waals surface area contributed by atoms with Crippen LogP contribution in [0, 0.1) is 0 Å². The van der Waals surface area contributed by atoms with Gasteiger partial charge in [-0.3, -0.25) is 4.68 Å². The first kappa shape index (κ1) is 29.3. The molecule has 0 atom stereocenters. The first-order chi connectivity index (χ1) is 19.5. The maximum atomic E-state index is 14.3. The smallest absolute Gasteiger partial charge is 0.340 e. The molecule has 3 heterocycles. The number of alkyl halides is 2. The van der Waals surface area contributed by atoms with Gasteiger partial charge in [-0.25, -0.2) is 13.6 Å². The monoisotopic (exact) mass is 600 g/mol. The van der Waals surface area contributed by atoms with E-state index in [0.717, 1.165) is 30.1 Å². The summed E-state index contributed by atoms with van der Waals surface area (Å²) >= 11 is 6.87. The van der Waals surface area contributed by atoms with E-state index in [9.17, 15) is 13.6 Å². The Kier molecular flexibility index (Phi) is 8.27. The number of fused-ring (bicyclic) bond motifs is 2. The van der Waals surface area contributed by atoms with Crippen molar-refractivity contribution in [3.8, 4) is 11.1 Å². The molecule has 1 aliphatic heterocycles. The van der Waals surface area contributed by atoms with Crippen LogP contribution in [-0.2, 0) is 29.7 Å². The molecule has 1 aliphatic rings. The average molecular weight is 601 g/mol. The minimum Gasteiger partial charge on any atom is -0.465 e. The Morgan fingerprint density at radius 3 is 2.61 bits per heavy atom. The summed E-state index contributed by atoms with van der Waals surface area (Å²) in [5, 5.41) is 5.24. The van der Waals surface area contributed by atoms with Crippen LogP contribution in [-0.4, -0.2) is 48.7 Å². The van der Waals surface area contributed by atoms with Gasteiger partial charge in [-0.15, -0.1) is 0 Å². The van der Waals surface area contributed by atoms with Gasteiger partial charge in [0.2, 0.25) is 0 Å². The van der Waals surface area contributed by atoms with Crippen LogP contribution in [0.5, 0.6) is 0 Å². The summed E-state index contributed by atoms with van der Waals surface area (Å²) in [5.41, 5.74) is 4.54. The van der Waals surface area contributed by atoms with Crippen molar-refractivity contribution in [1.82, 2.24) is 14.3 Å². The number of aromatic nitrogens is 3. The molecule has 5 rings (SSSR count). The number of anilines is 2. The molecule has 0 N–H and O–H groups in total. The number of benzene rings is 2. The molecule has 0 aliphatic carbocycles. The zero-order chi connectivity index (χ0) is 29.5. The van der Waals surface area contributed by atoms with Crippen LogP contribution in [0.4, 0.5) is 20.2 Å². The lowest BCUT2D eigenvalue weighted by atomic mass is 9.92. The van der Waals surface area contributed by atoms with Crippen molar-refractivity contribution >= 4 is 47.9 Å². The Morgan fingerprint density at radius 2 is 1.95 bits per heavy atom. The Labute approximate surface area is 244 Å². The van der Waals surface area contributed by atoms with Crippen molar-refractivity contribution in [2.45, 2.75) is 51.7 Å². The van der Waals surface area contributed by atoms with Crippen molar-refractivity contribution in [2.75, 3.05) is 25.2 Å². The molecule has 0 unspecified atom stereocenters. The third-order valence-electron chi connectivity index (χ3n) is 7.47. The molecule has 0 amide bonds. The number of aryl methyl sites for hydroxylation is 2. The number of methoxy groups -OCH3 is 1. The van der Waals surface area contributed by atoms with Crippen LogP contribution in [0.3, 0.4) is 0 Å². The number of ether oxygens (including phenoxy) is 2. The van der Waals surface area contributed by atoms with Gasteiger partial charge in [0, 0.05) is 68.6 Å². The third kappa shape index (κ3) is 6.05. The summed E-state index contributed by atoms with van der Waals surface area (Å²) < 4.78 is 43.1. The van der Waals surface area contributed by atoms with E-state index in [0.29, 0.717) is 51.5 Å². The Morgan fingerprint density at radius 1 is 1.17 bits per heavy atom. The number of hydrogen-bond donors (Lipinski definition) is 0. The molecule has 41 heavy (non-hydrogen) atoms. The van der Waals surface area contributed by atoms with Crippen LogP contribution in [0.25, 0.3) is 22.0 Å². The van der Waals surface area contributed by atoms with E-state index in [1.807, 2.05) is 27.7 Å². The van der Waals surface area contributed by atoms with Crippen LogP contribution < -0.4 is 4.90 Å². The average Bonchev–Trinajstić information content (AvgIpc) is 3.52. The molecule has 0 saturated heterocycles. The van der Waals surface area contributed by atoms with E-state index in [1.165, 1.54) is 7.11 Å². The number of halogens is 3. The predicted octanol–water partition coefficient (Wildman–Crippen LogP) is 7.82. The lowest BCUT2D eigenvalue weighted by molar-refractivity contribution is 0.0601. The van der Waals surface area contributed by atoms with Crippen molar-refractivity contribution in [3.05, 3.63) is 64.6 Å². The van der Waals surface area contributed by atoms with Gasteiger partial charge in [-0.05, 0) is 54.3 Å². The Hall–Kier alpha value is -3.21.